The number of primary amides is 1. The average molecular weight is 534 g/mol. The van der Waals surface area contributed by atoms with Gasteiger partial charge < -0.3 is 15.8 Å². The Bertz CT molecular complexity index is 1420. The number of nitrogens with one attached hydrogen (secondary N) is 1. The van der Waals surface area contributed by atoms with Crippen molar-refractivity contribution in [2.75, 3.05) is 6.26 Å². The Morgan fingerprint density at radius 3 is 2.51 bits per heavy atom. The van der Waals surface area contributed by atoms with Crippen molar-refractivity contribution in [3.8, 4) is 17.0 Å². The third-order valence-electron chi connectivity index (χ3n) is 6.06. The lowest BCUT2D eigenvalue weighted by Gasteiger charge is -2.29. The minimum Gasteiger partial charge on any atom is -0.474 e. The van der Waals surface area contributed by atoms with Crippen molar-refractivity contribution in [3.05, 3.63) is 60.0 Å². The van der Waals surface area contributed by atoms with Crippen LogP contribution in [0.4, 0.5) is 8.78 Å². The highest BCUT2D eigenvalue weighted by molar-refractivity contribution is 7.90. The van der Waals surface area contributed by atoms with Crippen LogP contribution in [-0.4, -0.2) is 53.4 Å². The van der Waals surface area contributed by atoms with Crippen LogP contribution in [0.5, 0.6) is 5.88 Å². The largest absolute Gasteiger partial charge is 0.474 e. The molecule has 0 spiro atoms. The highest BCUT2D eigenvalue weighted by Crippen LogP contribution is 2.28. The molecule has 2 heterocycles. The number of halogens is 2. The van der Waals surface area contributed by atoms with Crippen LogP contribution in [-0.2, 0) is 9.84 Å². The number of aromatic nitrogens is 3. The molecular weight excluding hydrogens is 508 g/mol. The summed E-state index contributed by atoms with van der Waals surface area (Å²) in [5, 5.41) is 6.49. The zero-order valence-electron chi connectivity index (χ0n) is 19.8. The van der Waals surface area contributed by atoms with Crippen molar-refractivity contribution in [2.45, 2.75) is 49.3 Å². The van der Waals surface area contributed by atoms with Gasteiger partial charge in [0.15, 0.2) is 9.84 Å². The van der Waals surface area contributed by atoms with Crippen molar-refractivity contribution in [1.29, 1.82) is 0 Å². The van der Waals surface area contributed by atoms with E-state index in [0.717, 1.165) is 12.5 Å². The quantitative estimate of drug-likeness (QED) is 0.453. The van der Waals surface area contributed by atoms with Gasteiger partial charge in [-0.3, -0.25) is 9.59 Å². The molecule has 2 amide bonds. The van der Waals surface area contributed by atoms with Crippen LogP contribution in [0.25, 0.3) is 11.1 Å². The maximum Gasteiger partial charge on any atom is 0.333 e. The third kappa shape index (κ3) is 6.28. The SMILES string of the molecule is CS(=O)(=O)c1cc(C(=O)N[C@H]2CC[C@H](Oc3ncccc3C(N)=O)CC2)cc(-c2cnn(C(F)F)c2)c1. The number of pyridine rings is 1. The number of sulfone groups is 1. The summed E-state index contributed by atoms with van der Waals surface area (Å²) in [7, 11) is -3.69. The first-order valence-electron chi connectivity index (χ1n) is 11.4. The molecule has 0 unspecified atom stereocenters. The molecular formula is C24H25F2N5O5S. The molecule has 1 aliphatic rings. The van der Waals surface area contributed by atoms with E-state index < -0.39 is 28.2 Å². The number of hydrogen-bond donors (Lipinski definition) is 2. The number of rotatable bonds is 8. The predicted octanol–water partition coefficient (Wildman–Crippen LogP) is 2.96. The number of benzene rings is 1. The molecule has 3 N–H and O–H groups in total. The molecule has 1 aliphatic carbocycles. The number of alkyl halides is 2. The second-order valence-electron chi connectivity index (χ2n) is 8.79. The maximum atomic E-state index is 13.0. The Balaban J connectivity index is 1.45. The Hall–Kier alpha value is -3.87. The van der Waals surface area contributed by atoms with Crippen molar-refractivity contribution in [2.24, 2.45) is 5.73 Å². The van der Waals surface area contributed by atoms with Crippen LogP contribution in [0, 0.1) is 0 Å². The standard InChI is InChI=1S/C24H25F2N5O5S/c1-37(34,35)19-10-14(16-12-29-31(13-16)24(25)26)9-15(11-19)22(33)30-17-4-6-18(7-5-17)36-23-20(21(27)32)3-2-8-28-23/h2-3,8-13,17-18,24H,4-7H2,1H3,(H2,27,32)(H,30,33)/t17-,18-. The molecule has 1 aromatic carbocycles. The molecule has 37 heavy (non-hydrogen) atoms. The highest BCUT2D eigenvalue weighted by atomic mass is 32.2. The molecule has 1 saturated carbocycles. The summed E-state index contributed by atoms with van der Waals surface area (Å²) in [6.45, 7) is -2.85. The lowest BCUT2D eigenvalue weighted by Crippen LogP contribution is -2.40. The van der Waals surface area contributed by atoms with Gasteiger partial charge in [0.1, 0.15) is 11.7 Å². The van der Waals surface area contributed by atoms with Gasteiger partial charge >= 0.3 is 6.55 Å². The molecule has 3 aromatic rings. The zero-order valence-corrected chi connectivity index (χ0v) is 20.6. The minimum absolute atomic E-state index is 0.0840. The van der Waals surface area contributed by atoms with Gasteiger partial charge in [0.25, 0.3) is 11.8 Å². The second kappa shape index (κ2) is 10.6. The zero-order chi connectivity index (χ0) is 26.7. The number of nitrogens with two attached hydrogens (primary N) is 1. The van der Waals surface area contributed by atoms with Gasteiger partial charge in [-0.2, -0.15) is 13.9 Å². The molecule has 2 aromatic heterocycles. The summed E-state index contributed by atoms with van der Waals surface area (Å²) in [6.07, 6.45) is 6.88. The Morgan fingerprint density at radius 2 is 1.89 bits per heavy atom. The Kier molecular flexibility index (Phi) is 7.52. The normalized spacial score (nSPS) is 17.9. The Labute approximate surface area is 211 Å². The number of carbonyl (C=O) groups is 2. The number of carbonyl (C=O) groups excluding carboxylic acids is 2. The van der Waals surface area contributed by atoms with Crippen LogP contribution in [0.2, 0.25) is 0 Å². The first-order chi connectivity index (χ1) is 17.5. The summed E-state index contributed by atoms with van der Waals surface area (Å²) in [5.41, 5.74) is 6.17. The molecule has 4 rings (SSSR count). The van der Waals surface area contributed by atoms with Gasteiger partial charge in [-0.25, -0.2) is 18.1 Å². The van der Waals surface area contributed by atoms with E-state index in [-0.39, 0.29) is 45.2 Å². The van der Waals surface area contributed by atoms with Gasteiger partial charge in [0, 0.05) is 35.8 Å². The van der Waals surface area contributed by atoms with E-state index in [4.69, 9.17) is 10.5 Å². The maximum absolute atomic E-state index is 13.0. The van der Waals surface area contributed by atoms with Gasteiger partial charge in [0.05, 0.1) is 11.1 Å². The molecule has 1 fully saturated rings. The number of ether oxygens (including phenoxy) is 1. The van der Waals surface area contributed by atoms with Gasteiger partial charge in [-0.05, 0) is 61.6 Å². The average Bonchev–Trinajstić information content (AvgIpc) is 3.36. The molecule has 10 nitrogen and oxygen atoms in total. The van der Waals surface area contributed by atoms with Crippen LogP contribution < -0.4 is 15.8 Å². The van der Waals surface area contributed by atoms with E-state index in [1.54, 1.807) is 6.07 Å². The van der Waals surface area contributed by atoms with Crippen LogP contribution in [0.3, 0.4) is 0 Å². The number of nitrogens with zero attached hydrogens (tertiary/aromatic N) is 3. The smallest absolute Gasteiger partial charge is 0.333 e. The minimum atomic E-state index is -3.69. The summed E-state index contributed by atoms with van der Waals surface area (Å²) < 4.78 is 56.7. The second-order valence-corrected chi connectivity index (χ2v) is 10.8. The number of amides is 2. The summed E-state index contributed by atoms with van der Waals surface area (Å²) in [6, 6.07) is 6.95. The monoisotopic (exact) mass is 533 g/mol. The Morgan fingerprint density at radius 1 is 1.16 bits per heavy atom. The van der Waals surface area contributed by atoms with Crippen LogP contribution in [0.1, 0.15) is 52.9 Å². The van der Waals surface area contributed by atoms with Gasteiger partial charge in [0.2, 0.25) is 5.88 Å². The molecule has 13 heteroatoms. The van der Waals surface area contributed by atoms with Gasteiger partial charge in [-0.1, -0.05) is 0 Å². The molecule has 0 bridgehead atoms. The molecule has 0 radical (unpaired) electrons. The topological polar surface area (TPSA) is 146 Å². The fraction of sp³-hybridized carbons (Fsp3) is 0.333. The molecule has 0 atom stereocenters. The van der Waals surface area contributed by atoms with E-state index in [9.17, 15) is 26.8 Å². The van der Waals surface area contributed by atoms with E-state index in [2.05, 4.69) is 15.4 Å². The van der Waals surface area contributed by atoms with Crippen molar-refractivity contribution in [1.82, 2.24) is 20.1 Å². The fourth-order valence-electron chi connectivity index (χ4n) is 4.13. The van der Waals surface area contributed by atoms with E-state index >= 15 is 0 Å². The molecule has 0 aliphatic heterocycles. The summed E-state index contributed by atoms with van der Waals surface area (Å²) in [5.74, 6) is -0.956. The molecule has 0 saturated heterocycles. The molecule has 196 valence electrons. The van der Waals surface area contributed by atoms with Gasteiger partial charge in [-0.15, -0.1) is 0 Å². The third-order valence-corrected chi connectivity index (χ3v) is 7.15. The summed E-state index contributed by atoms with van der Waals surface area (Å²) >= 11 is 0. The first-order valence-corrected chi connectivity index (χ1v) is 13.3. The predicted molar refractivity (Wildman–Crippen MR) is 129 cm³/mol. The van der Waals surface area contributed by atoms with Crippen LogP contribution >= 0.6 is 0 Å². The van der Waals surface area contributed by atoms with Crippen molar-refractivity contribution < 1.29 is 31.5 Å². The fourth-order valence-corrected chi connectivity index (χ4v) is 4.81. The van der Waals surface area contributed by atoms with E-state index in [1.165, 1.54) is 36.7 Å². The van der Waals surface area contributed by atoms with Crippen molar-refractivity contribution >= 4 is 21.7 Å². The van der Waals surface area contributed by atoms with Crippen molar-refractivity contribution in [3.63, 3.8) is 0 Å². The van der Waals surface area contributed by atoms with E-state index in [1.807, 2.05) is 0 Å². The lowest BCUT2D eigenvalue weighted by atomic mass is 9.92. The van der Waals surface area contributed by atoms with Crippen LogP contribution in [0.15, 0.2) is 53.8 Å². The first kappa shape index (κ1) is 26.2. The number of hydrogen-bond acceptors (Lipinski definition) is 7. The lowest BCUT2D eigenvalue weighted by molar-refractivity contribution is 0.0566. The summed E-state index contributed by atoms with van der Waals surface area (Å²) in [4.78, 5) is 28.6. The van der Waals surface area contributed by atoms with E-state index in [0.29, 0.717) is 30.4 Å². The highest BCUT2D eigenvalue weighted by Gasteiger charge is 2.26.